The first-order chi connectivity index (χ1) is 9.91. The second-order valence-corrected chi connectivity index (χ2v) is 5.62. The molecule has 1 aliphatic heterocycles. The van der Waals surface area contributed by atoms with Gasteiger partial charge >= 0.3 is 5.97 Å². The highest BCUT2D eigenvalue weighted by molar-refractivity contribution is 5.86. The predicted molar refractivity (Wildman–Crippen MR) is 77.6 cm³/mol. The van der Waals surface area contributed by atoms with Crippen LogP contribution in [-0.2, 0) is 14.3 Å². The molecule has 1 aliphatic rings. The van der Waals surface area contributed by atoms with Crippen LogP contribution in [0.2, 0.25) is 0 Å². The maximum absolute atomic E-state index is 12.4. The van der Waals surface area contributed by atoms with Gasteiger partial charge in [-0.3, -0.25) is 4.79 Å². The van der Waals surface area contributed by atoms with Crippen molar-refractivity contribution in [2.75, 3.05) is 0 Å². The van der Waals surface area contributed by atoms with Crippen LogP contribution in [0.1, 0.15) is 32.4 Å². The summed E-state index contributed by atoms with van der Waals surface area (Å²) in [6.45, 7) is 5.74. The lowest BCUT2D eigenvalue weighted by Gasteiger charge is -2.21. The van der Waals surface area contributed by atoms with Gasteiger partial charge in [-0.05, 0) is 25.3 Å². The minimum absolute atomic E-state index is 0.00393. The minimum atomic E-state index is -1.07. The minimum Gasteiger partial charge on any atom is -0.479 e. The first kappa shape index (κ1) is 15.5. The molecule has 0 radical (unpaired) electrons. The molecule has 5 heteroatoms. The van der Waals surface area contributed by atoms with Crippen LogP contribution in [0.4, 0.5) is 0 Å². The highest BCUT2D eigenvalue weighted by Crippen LogP contribution is 2.32. The molecule has 1 aromatic carbocycles. The maximum Gasteiger partial charge on any atom is 0.330 e. The largest absolute Gasteiger partial charge is 0.479 e. The van der Waals surface area contributed by atoms with E-state index in [1.165, 1.54) is 0 Å². The molecule has 0 bridgehead atoms. The highest BCUT2D eigenvalue weighted by Gasteiger charge is 2.42. The molecule has 1 amide bonds. The van der Waals surface area contributed by atoms with Gasteiger partial charge in [0.2, 0.25) is 5.91 Å². The molecule has 0 spiro atoms. The van der Waals surface area contributed by atoms with Gasteiger partial charge in [0.1, 0.15) is 0 Å². The molecule has 5 unspecified atom stereocenters. The Kier molecular flexibility index (Phi) is 4.63. The van der Waals surface area contributed by atoms with Crippen LogP contribution < -0.4 is 5.32 Å². The number of aliphatic carboxylic acids is 1. The number of carbonyl (C=O) groups excluding carboxylic acids is 1. The Morgan fingerprint density at radius 2 is 1.76 bits per heavy atom. The van der Waals surface area contributed by atoms with Crippen molar-refractivity contribution >= 4 is 11.9 Å². The zero-order valence-electron chi connectivity index (χ0n) is 12.4. The van der Waals surface area contributed by atoms with Gasteiger partial charge < -0.3 is 15.2 Å². The number of carboxylic acid groups (broad SMARTS) is 1. The Morgan fingerprint density at radius 1 is 1.14 bits per heavy atom. The Labute approximate surface area is 124 Å². The van der Waals surface area contributed by atoms with E-state index in [9.17, 15) is 14.7 Å². The number of nitrogens with one attached hydrogen (secondary N) is 1. The van der Waals surface area contributed by atoms with E-state index < -0.39 is 12.0 Å². The van der Waals surface area contributed by atoms with Crippen LogP contribution in [0.25, 0.3) is 0 Å². The summed E-state index contributed by atoms with van der Waals surface area (Å²) in [7, 11) is 0. The van der Waals surface area contributed by atoms with Gasteiger partial charge in [0, 0.05) is 0 Å². The SMILES string of the molecule is CC1OC(C)C(C(=O)NC(C(=O)O)c2ccccc2)C1C. The van der Waals surface area contributed by atoms with Crippen molar-refractivity contribution in [2.24, 2.45) is 11.8 Å². The smallest absolute Gasteiger partial charge is 0.330 e. The summed E-state index contributed by atoms with van der Waals surface area (Å²) < 4.78 is 5.65. The van der Waals surface area contributed by atoms with Crippen molar-refractivity contribution < 1.29 is 19.4 Å². The average Bonchev–Trinajstić information content (AvgIpc) is 2.70. The summed E-state index contributed by atoms with van der Waals surface area (Å²) in [5.74, 6) is -1.60. The molecular weight excluding hydrogens is 270 g/mol. The van der Waals surface area contributed by atoms with Crippen LogP contribution in [-0.4, -0.2) is 29.2 Å². The lowest BCUT2D eigenvalue weighted by molar-refractivity contribution is -0.143. The molecule has 0 saturated carbocycles. The van der Waals surface area contributed by atoms with E-state index in [4.69, 9.17) is 4.74 Å². The molecule has 5 atom stereocenters. The molecule has 1 saturated heterocycles. The van der Waals surface area contributed by atoms with Gasteiger partial charge in [0.25, 0.3) is 0 Å². The molecule has 1 fully saturated rings. The van der Waals surface area contributed by atoms with Gasteiger partial charge in [-0.1, -0.05) is 37.3 Å². The third-order valence-corrected chi connectivity index (χ3v) is 4.21. The van der Waals surface area contributed by atoms with E-state index in [-0.39, 0.29) is 30.0 Å². The molecule has 0 aromatic heterocycles. The zero-order valence-corrected chi connectivity index (χ0v) is 12.4. The van der Waals surface area contributed by atoms with Crippen molar-refractivity contribution in [1.29, 1.82) is 0 Å². The van der Waals surface area contributed by atoms with E-state index in [0.717, 1.165) is 0 Å². The Morgan fingerprint density at radius 3 is 2.24 bits per heavy atom. The number of hydrogen-bond donors (Lipinski definition) is 2. The maximum atomic E-state index is 12.4. The molecule has 5 nitrogen and oxygen atoms in total. The van der Waals surface area contributed by atoms with Gasteiger partial charge in [-0.15, -0.1) is 0 Å². The number of benzene rings is 1. The standard InChI is InChI=1S/C16H21NO4/c1-9-10(2)21-11(3)13(9)15(18)17-14(16(19)20)12-7-5-4-6-8-12/h4-11,13-14H,1-3H3,(H,17,18)(H,19,20). The fourth-order valence-corrected chi connectivity index (χ4v) is 2.89. The summed E-state index contributed by atoms with van der Waals surface area (Å²) in [5.41, 5.74) is 0.561. The van der Waals surface area contributed by atoms with Gasteiger partial charge in [0.05, 0.1) is 18.1 Å². The first-order valence-electron chi connectivity index (χ1n) is 7.15. The van der Waals surface area contributed by atoms with Crippen molar-refractivity contribution in [3.05, 3.63) is 35.9 Å². The van der Waals surface area contributed by atoms with Gasteiger partial charge in [-0.2, -0.15) is 0 Å². The molecule has 114 valence electrons. The van der Waals surface area contributed by atoms with E-state index in [0.29, 0.717) is 5.56 Å². The molecule has 1 heterocycles. The zero-order chi connectivity index (χ0) is 15.6. The van der Waals surface area contributed by atoms with Gasteiger partial charge in [-0.25, -0.2) is 4.79 Å². The third kappa shape index (κ3) is 3.24. The lowest BCUT2D eigenvalue weighted by atomic mass is 9.88. The monoisotopic (exact) mass is 291 g/mol. The predicted octanol–water partition coefficient (Wildman–Crippen LogP) is 1.99. The summed E-state index contributed by atoms with van der Waals surface area (Å²) in [5, 5.41) is 12.0. The van der Waals surface area contributed by atoms with E-state index in [1.807, 2.05) is 20.8 Å². The van der Waals surface area contributed by atoms with Crippen molar-refractivity contribution in [1.82, 2.24) is 5.32 Å². The molecule has 2 rings (SSSR count). The Hall–Kier alpha value is -1.88. The van der Waals surface area contributed by atoms with Crippen LogP contribution in [0.15, 0.2) is 30.3 Å². The number of ether oxygens (including phenoxy) is 1. The number of carboxylic acids is 1. The average molecular weight is 291 g/mol. The summed E-state index contributed by atoms with van der Waals surface area (Å²) in [4.78, 5) is 23.9. The fraction of sp³-hybridized carbons (Fsp3) is 0.500. The number of carbonyl (C=O) groups is 2. The molecule has 2 N–H and O–H groups in total. The summed E-state index contributed by atoms with van der Waals surface area (Å²) in [6, 6.07) is 7.67. The molecule has 1 aromatic rings. The summed E-state index contributed by atoms with van der Waals surface area (Å²) in [6.07, 6.45) is -0.212. The topological polar surface area (TPSA) is 75.6 Å². The Bertz CT molecular complexity index is 516. The highest BCUT2D eigenvalue weighted by atomic mass is 16.5. The van der Waals surface area contributed by atoms with Gasteiger partial charge in [0.15, 0.2) is 6.04 Å². The van der Waals surface area contributed by atoms with E-state index in [2.05, 4.69) is 5.32 Å². The second kappa shape index (κ2) is 6.26. The quantitative estimate of drug-likeness (QED) is 0.889. The fourth-order valence-electron chi connectivity index (χ4n) is 2.89. The molecule has 0 aliphatic carbocycles. The molecule has 21 heavy (non-hydrogen) atoms. The van der Waals surface area contributed by atoms with Crippen LogP contribution in [0, 0.1) is 11.8 Å². The number of hydrogen-bond acceptors (Lipinski definition) is 3. The number of amides is 1. The van der Waals surface area contributed by atoms with Crippen LogP contribution in [0.3, 0.4) is 0 Å². The van der Waals surface area contributed by atoms with E-state index >= 15 is 0 Å². The van der Waals surface area contributed by atoms with Crippen molar-refractivity contribution in [2.45, 2.75) is 39.0 Å². The van der Waals surface area contributed by atoms with Crippen molar-refractivity contribution in [3.8, 4) is 0 Å². The van der Waals surface area contributed by atoms with Crippen LogP contribution in [0.5, 0.6) is 0 Å². The summed E-state index contributed by atoms with van der Waals surface area (Å²) >= 11 is 0. The second-order valence-electron chi connectivity index (χ2n) is 5.62. The van der Waals surface area contributed by atoms with Crippen LogP contribution >= 0.6 is 0 Å². The molecular formula is C16H21NO4. The lowest BCUT2D eigenvalue weighted by Crippen LogP contribution is -2.41. The normalized spacial score (nSPS) is 29.9. The van der Waals surface area contributed by atoms with Crippen molar-refractivity contribution in [3.63, 3.8) is 0 Å². The first-order valence-corrected chi connectivity index (χ1v) is 7.15. The Balaban J connectivity index is 2.15. The third-order valence-electron chi connectivity index (χ3n) is 4.21. The number of rotatable bonds is 4. The van der Waals surface area contributed by atoms with E-state index in [1.54, 1.807) is 30.3 Å².